The molecule has 0 saturated carbocycles. The second kappa shape index (κ2) is 7.36. The van der Waals surface area contributed by atoms with Gasteiger partial charge in [-0.1, -0.05) is 12.1 Å². The lowest BCUT2D eigenvalue weighted by atomic mass is 10.1. The summed E-state index contributed by atoms with van der Waals surface area (Å²) < 4.78 is 16.0. The molecule has 1 aromatic rings. The monoisotopic (exact) mass is 251 g/mol. The van der Waals surface area contributed by atoms with Gasteiger partial charge in [0.2, 0.25) is 0 Å². The molecule has 1 aliphatic heterocycles. The largest absolute Gasteiger partial charge is 0.497 e. The van der Waals surface area contributed by atoms with Gasteiger partial charge in [-0.2, -0.15) is 0 Å². The van der Waals surface area contributed by atoms with E-state index in [2.05, 4.69) is 17.4 Å². The van der Waals surface area contributed by atoms with Gasteiger partial charge in [0.05, 0.1) is 33.0 Å². The molecule has 1 atom stereocenters. The Morgan fingerprint density at radius 3 is 2.78 bits per heavy atom. The number of benzene rings is 1. The third-order valence-electron chi connectivity index (χ3n) is 3.01. The van der Waals surface area contributed by atoms with Crippen molar-refractivity contribution in [2.45, 2.75) is 12.5 Å². The van der Waals surface area contributed by atoms with Gasteiger partial charge < -0.3 is 19.5 Å². The van der Waals surface area contributed by atoms with E-state index in [1.54, 1.807) is 7.11 Å². The van der Waals surface area contributed by atoms with Gasteiger partial charge >= 0.3 is 0 Å². The summed E-state index contributed by atoms with van der Waals surface area (Å²) >= 11 is 0. The maximum atomic E-state index is 5.56. The summed E-state index contributed by atoms with van der Waals surface area (Å²) in [5, 5.41) is 3.40. The quantitative estimate of drug-likeness (QED) is 0.772. The molecule has 0 radical (unpaired) electrons. The predicted molar refractivity (Wildman–Crippen MR) is 70.1 cm³/mol. The van der Waals surface area contributed by atoms with Crippen molar-refractivity contribution in [3.63, 3.8) is 0 Å². The van der Waals surface area contributed by atoms with Crippen LogP contribution in [0.1, 0.15) is 5.56 Å². The standard InChI is InChI=1S/C14H21NO3/c1-16-13-4-2-12(3-5-13)6-7-15-10-14-11-17-8-9-18-14/h2-5,14-15H,6-11H2,1H3. The Kier molecular flexibility index (Phi) is 5.45. The highest BCUT2D eigenvalue weighted by Crippen LogP contribution is 2.11. The molecule has 1 N–H and O–H groups in total. The van der Waals surface area contributed by atoms with E-state index in [-0.39, 0.29) is 6.10 Å². The van der Waals surface area contributed by atoms with Gasteiger partial charge in [-0.15, -0.1) is 0 Å². The molecule has 1 aromatic carbocycles. The minimum absolute atomic E-state index is 0.203. The third kappa shape index (κ3) is 4.29. The molecular formula is C14H21NO3. The minimum atomic E-state index is 0.203. The highest BCUT2D eigenvalue weighted by Gasteiger charge is 2.12. The van der Waals surface area contributed by atoms with Gasteiger partial charge in [0, 0.05) is 6.54 Å². The van der Waals surface area contributed by atoms with Crippen molar-refractivity contribution in [3.8, 4) is 5.75 Å². The van der Waals surface area contributed by atoms with Gasteiger partial charge in [0.15, 0.2) is 0 Å². The number of hydrogen-bond acceptors (Lipinski definition) is 4. The molecule has 0 aromatic heterocycles. The van der Waals surface area contributed by atoms with Crippen LogP contribution in [0.5, 0.6) is 5.75 Å². The first-order chi connectivity index (χ1) is 8.88. The first-order valence-corrected chi connectivity index (χ1v) is 6.41. The van der Waals surface area contributed by atoms with E-state index in [9.17, 15) is 0 Å². The maximum absolute atomic E-state index is 5.56. The molecule has 1 fully saturated rings. The van der Waals surface area contributed by atoms with Crippen LogP contribution in [0.2, 0.25) is 0 Å². The fourth-order valence-corrected chi connectivity index (χ4v) is 1.94. The van der Waals surface area contributed by atoms with Crippen molar-refractivity contribution in [2.24, 2.45) is 0 Å². The minimum Gasteiger partial charge on any atom is -0.497 e. The fourth-order valence-electron chi connectivity index (χ4n) is 1.94. The summed E-state index contributed by atoms with van der Waals surface area (Å²) in [4.78, 5) is 0. The number of hydrogen-bond donors (Lipinski definition) is 1. The maximum Gasteiger partial charge on any atom is 0.118 e. The molecule has 0 amide bonds. The molecule has 4 heteroatoms. The molecule has 1 heterocycles. The Bertz CT molecular complexity index is 333. The molecule has 0 bridgehead atoms. The van der Waals surface area contributed by atoms with Crippen LogP contribution in [-0.2, 0) is 15.9 Å². The van der Waals surface area contributed by atoms with Gasteiger partial charge in [-0.3, -0.25) is 0 Å². The molecular weight excluding hydrogens is 230 g/mol. The SMILES string of the molecule is COc1ccc(CCNCC2COCCO2)cc1. The molecule has 1 saturated heterocycles. The van der Waals surface area contributed by atoms with E-state index in [1.807, 2.05) is 12.1 Å². The predicted octanol–water partition coefficient (Wildman–Crippen LogP) is 1.24. The van der Waals surface area contributed by atoms with E-state index >= 15 is 0 Å². The normalized spacial score (nSPS) is 19.7. The highest BCUT2D eigenvalue weighted by atomic mass is 16.6. The second-order valence-electron chi connectivity index (χ2n) is 4.37. The molecule has 1 unspecified atom stereocenters. The van der Waals surface area contributed by atoms with E-state index in [1.165, 1.54) is 5.56 Å². The smallest absolute Gasteiger partial charge is 0.118 e. The van der Waals surface area contributed by atoms with Gasteiger partial charge in [0.25, 0.3) is 0 Å². The summed E-state index contributed by atoms with van der Waals surface area (Å²) in [7, 11) is 1.68. The van der Waals surface area contributed by atoms with Crippen LogP contribution in [-0.4, -0.2) is 46.1 Å². The van der Waals surface area contributed by atoms with Crippen molar-refractivity contribution < 1.29 is 14.2 Å². The molecule has 0 spiro atoms. The Morgan fingerprint density at radius 1 is 1.28 bits per heavy atom. The Hall–Kier alpha value is -1.10. The molecule has 4 nitrogen and oxygen atoms in total. The number of methoxy groups -OCH3 is 1. The second-order valence-corrected chi connectivity index (χ2v) is 4.37. The molecule has 100 valence electrons. The van der Waals surface area contributed by atoms with Crippen LogP contribution in [0.4, 0.5) is 0 Å². The van der Waals surface area contributed by atoms with Gasteiger partial charge in [-0.25, -0.2) is 0 Å². The van der Waals surface area contributed by atoms with Crippen molar-refractivity contribution in [1.29, 1.82) is 0 Å². The van der Waals surface area contributed by atoms with Crippen LogP contribution >= 0.6 is 0 Å². The number of ether oxygens (including phenoxy) is 3. The Labute approximate surface area is 108 Å². The van der Waals surface area contributed by atoms with Crippen molar-refractivity contribution in [3.05, 3.63) is 29.8 Å². The van der Waals surface area contributed by atoms with Crippen LogP contribution in [0, 0.1) is 0 Å². The molecule has 0 aliphatic carbocycles. The lowest BCUT2D eigenvalue weighted by Crippen LogP contribution is -2.38. The van der Waals surface area contributed by atoms with Crippen LogP contribution in [0.3, 0.4) is 0 Å². The zero-order valence-corrected chi connectivity index (χ0v) is 10.9. The van der Waals surface area contributed by atoms with Crippen molar-refractivity contribution in [1.82, 2.24) is 5.32 Å². The van der Waals surface area contributed by atoms with Crippen LogP contribution < -0.4 is 10.1 Å². The molecule has 18 heavy (non-hydrogen) atoms. The average molecular weight is 251 g/mol. The highest BCUT2D eigenvalue weighted by molar-refractivity contribution is 5.27. The first kappa shape index (κ1) is 13.3. The van der Waals surface area contributed by atoms with Crippen molar-refractivity contribution >= 4 is 0 Å². The van der Waals surface area contributed by atoms with E-state index in [0.29, 0.717) is 13.2 Å². The molecule has 1 aliphatic rings. The fraction of sp³-hybridized carbons (Fsp3) is 0.571. The number of nitrogens with one attached hydrogen (secondary N) is 1. The van der Waals surface area contributed by atoms with Gasteiger partial charge in [-0.05, 0) is 30.7 Å². The van der Waals surface area contributed by atoms with Crippen LogP contribution in [0.15, 0.2) is 24.3 Å². The molecule has 2 rings (SSSR count). The van der Waals surface area contributed by atoms with E-state index in [4.69, 9.17) is 14.2 Å². The topological polar surface area (TPSA) is 39.7 Å². The van der Waals surface area contributed by atoms with Gasteiger partial charge in [0.1, 0.15) is 5.75 Å². The Balaban J connectivity index is 1.62. The van der Waals surface area contributed by atoms with E-state index < -0.39 is 0 Å². The summed E-state index contributed by atoms with van der Waals surface area (Å²) in [6, 6.07) is 8.18. The lowest BCUT2D eigenvalue weighted by Gasteiger charge is -2.23. The lowest BCUT2D eigenvalue weighted by molar-refractivity contribution is -0.0862. The summed E-state index contributed by atoms with van der Waals surface area (Å²) in [5.74, 6) is 0.902. The Morgan fingerprint density at radius 2 is 2.11 bits per heavy atom. The first-order valence-electron chi connectivity index (χ1n) is 6.41. The third-order valence-corrected chi connectivity index (χ3v) is 3.01. The number of rotatable bonds is 6. The van der Waals surface area contributed by atoms with Crippen LogP contribution in [0.25, 0.3) is 0 Å². The summed E-state index contributed by atoms with van der Waals surface area (Å²) in [6.45, 7) is 3.95. The zero-order chi connectivity index (χ0) is 12.6. The zero-order valence-electron chi connectivity index (χ0n) is 10.9. The average Bonchev–Trinajstić information content (AvgIpc) is 2.45. The summed E-state index contributed by atoms with van der Waals surface area (Å²) in [6.07, 6.45) is 1.21. The van der Waals surface area contributed by atoms with E-state index in [0.717, 1.165) is 31.9 Å². The van der Waals surface area contributed by atoms with Crippen molar-refractivity contribution in [2.75, 3.05) is 40.0 Å². The summed E-state index contributed by atoms with van der Waals surface area (Å²) in [5.41, 5.74) is 1.31.